The molecule has 106 valence electrons. The first-order chi connectivity index (χ1) is 9.65. The maximum atomic E-state index is 6.18. The Morgan fingerprint density at radius 2 is 1.85 bits per heavy atom. The highest BCUT2D eigenvalue weighted by Crippen LogP contribution is 2.28. The molecule has 0 aliphatic rings. The molecule has 5 nitrogen and oxygen atoms in total. The molecule has 20 heavy (non-hydrogen) atoms. The minimum Gasteiger partial charge on any atom is -0.481 e. The largest absolute Gasteiger partial charge is 0.481 e. The molecule has 0 unspecified atom stereocenters. The lowest BCUT2D eigenvalue weighted by Crippen LogP contribution is -2.07. The number of halogens is 2. The summed E-state index contributed by atoms with van der Waals surface area (Å²) in [4.78, 5) is 8.13. The van der Waals surface area contributed by atoms with E-state index >= 15 is 0 Å². The quantitative estimate of drug-likeness (QED) is 0.773. The molecule has 1 aromatic carbocycles. The predicted molar refractivity (Wildman–Crippen MR) is 86.6 cm³/mol. The SMILES string of the molecule is COc1ncnc(OC)c1CNc1ccc(I)cc1Cl. The molecule has 0 saturated carbocycles. The third-order valence-corrected chi connectivity index (χ3v) is 3.62. The zero-order valence-electron chi connectivity index (χ0n) is 11.0. The average molecular weight is 406 g/mol. The Morgan fingerprint density at radius 1 is 1.20 bits per heavy atom. The topological polar surface area (TPSA) is 56.3 Å². The molecule has 0 aliphatic heterocycles. The number of ether oxygens (including phenoxy) is 2. The summed E-state index contributed by atoms with van der Waals surface area (Å²) >= 11 is 8.39. The van der Waals surface area contributed by atoms with Gasteiger partial charge in [0.2, 0.25) is 11.8 Å². The van der Waals surface area contributed by atoms with Crippen molar-refractivity contribution >= 4 is 39.9 Å². The second kappa shape index (κ2) is 6.94. The summed E-state index contributed by atoms with van der Waals surface area (Å²) in [6.07, 6.45) is 1.40. The van der Waals surface area contributed by atoms with Gasteiger partial charge in [-0.3, -0.25) is 0 Å². The van der Waals surface area contributed by atoms with Crippen molar-refractivity contribution in [3.05, 3.63) is 38.7 Å². The van der Waals surface area contributed by atoms with Crippen LogP contribution in [0.2, 0.25) is 5.02 Å². The molecule has 0 saturated heterocycles. The molecule has 0 spiro atoms. The Morgan fingerprint density at radius 3 is 2.40 bits per heavy atom. The van der Waals surface area contributed by atoms with E-state index in [2.05, 4.69) is 37.9 Å². The second-order valence-electron chi connectivity index (χ2n) is 3.85. The van der Waals surface area contributed by atoms with Gasteiger partial charge in [-0.2, -0.15) is 0 Å². The summed E-state index contributed by atoms with van der Waals surface area (Å²) in [5, 5.41) is 3.89. The van der Waals surface area contributed by atoms with Gasteiger partial charge in [-0.15, -0.1) is 0 Å². The highest BCUT2D eigenvalue weighted by Gasteiger charge is 2.13. The van der Waals surface area contributed by atoms with Crippen LogP contribution >= 0.6 is 34.2 Å². The molecule has 0 atom stereocenters. The molecule has 7 heteroatoms. The molecular weight excluding hydrogens is 393 g/mol. The van der Waals surface area contributed by atoms with E-state index in [-0.39, 0.29) is 0 Å². The molecule has 0 bridgehead atoms. The molecule has 1 aromatic heterocycles. The van der Waals surface area contributed by atoms with Crippen molar-refractivity contribution in [3.63, 3.8) is 0 Å². The Hall–Kier alpha value is -1.28. The van der Waals surface area contributed by atoms with Crippen molar-refractivity contribution in [1.29, 1.82) is 0 Å². The number of hydrogen-bond donors (Lipinski definition) is 1. The van der Waals surface area contributed by atoms with Crippen LogP contribution in [0.1, 0.15) is 5.56 Å². The lowest BCUT2D eigenvalue weighted by atomic mass is 10.2. The van der Waals surface area contributed by atoms with E-state index in [4.69, 9.17) is 21.1 Å². The molecule has 1 N–H and O–H groups in total. The van der Waals surface area contributed by atoms with Gasteiger partial charge in [0.15, 0.2) is 0 Å². The molecule has 0 fully saturated rings. The highest BCUT2D eigenvalue weighted by atomic mass is 127. The van der Waals surface area contributed by atoms with Crippen LogP contribution in [0.5, 0.6) is 11.8 Å². The Labute approximate surface area is 135 Å². The average Bonchev–Trinajstić information content (AvgIpc) is 2.46. The van der Waals surface area contributed by atoms with Gasteiger partial charge < -0.3 is 14.8 Å². The van der Waals surface area contributed by atoms with E-state index in [1.807, 2.05) is 18.2 Å². The molecule has 0 amide bonds. The summed E-state index contributed by atoms with van der Waals surface area (Å²) in [6, 6.07) is 5.79. The van der Waals surface area contributed by atoms with Crippen LogP contribution < -0.4 is 14.8 Å². The van der Waals surface area contributed by atoms with Crippen molar-refractivity contribution in [2.24, 2.45) is 0 Å². The molecule has 2 aromatic rings. The van der Waals surface area contributed by atoms with Crippen LogP contribution in [-0.2, 0) is 6.54 Å². The smallest absolute Gasteiger partial charge is 0.225 e. The summed E-state index contributed by atoms with van der Waals surface area (Å²) < 4.78 is 11.5. The van der Waals surface area contributed by atoms with Gasteiger partial charge in [0, 0.05) is 3.57 Å². The summed E-state index contributed by atoms with van der Waals surface area (Å²) in [7, 11) is 3.12. The number of methoxy groups -OCH3 is 2. The fourth-order valence-electron chi connectivity index (χ4n) is 1.70. The zero-order valence-corrected chi connectivity index (χ0v) is 13.9. The molecular formula is C13H13ClIN3O2. The van der Waals surface area contributed by atoms with Gasteiger partial charge in [0.1, 0.15) is 6.33 Å². The molecule has 1 heterocycles. The fourth-order valence-corrected chi connectivity index (χ4v) is 2.62. The van der Waals surface area contributed by atoms with Crippen LogP contribution in [0.15, 0.2) is 24.5 Å². The number of anilines is 1. The maximum absolute atomic E-state index is 6.18. The lowest BCUT2D eigenvalue weighted by Gasteiger charge is -2.13. The van der Waals surface area contributed by atoms with Crippen molar-refractivity contribution in [1.82, 2.24) is 9.97 Å². The van der Waals surface area contributed by atoms with Gasteiger partial charge in [-0.25, -0.2) is 9.97 Å². The minimum atomic E-state index is 0.452. The van der Waals surface area contributed by atoms with Gasteiger partial charge in [-0.1, -0.05) is 11.6 Å². The Bertz CT molecular complexity index is 588. The van der Waals surface area contributed by atoms with Crippen molar-refractivity contribution in [3.8, 4) is 11.8 Å². The van der Waals surface area contributed by atoms with E-state index in [0.29, 0.717) is 23.3 Å². The second-order valence-corrected chi connectivity index (χ2v) is 5.50. The van der Waals surface area contributed by atoms with Crippen molar-refractivity contribution in [2.75, 3.05) is 19.5 Å². The van der Waals surface area contributed by atoms with E-state index in [1.165, 1.54) is 6.33 Å². The number of benzene rings is 1. The number of hydrogen-bond acceptors (Lipinski definition) is 5. The number of nitrogens with zero attached hydrogens (tertiary/aromatic N) is 2. The molecule has 0 aliphatic carbocycles. The molecule has 2 rings (SSSR count). The van der Waals surface area contributed by atoms with E-state index in [9.17, 15) is 0 Å². The van der Waals surface area contributed by atoms with Crippen LogP contribution in [0.4, 0.5) is 5.69 Å². The minimum absolute atomic E-state index is 0.452. The first-order valence-electron chi connectivity index (χ1n) is 5.76. The predicted octanol–water partition coefficient (Wildman–Crippen LogP) is 3.36. The monoisotopic (exact) mass is 405 g/mol. The van der Waals surface area contributed by atoms with E-state index in [1.54, 1.807) is 14.2 Å². The van der Waals surface area contributed by atoms with E-state index < -0.39 is 0 Å². The Balaban J connectivity index is 2.22. The van der Waals surface area contributed by atoms with Gasteiger partial charge >= 0.3 is 0 Å². The number of rotatable bonds is 5. The summed E-state index contributed by atoms with van der Waals surface area (Å²) in [6.45, 7) is 0.452. The maximum Gasteiger partial charge on any atom is 0.225 e. The zero-order chi connectivity index (χ0) is 14.5. The van der Waals surface area contributed by atoms with Gasteiger partial charge in [0.25, 0.3) is 0 Å². The van der Waals surface area contributed by atoms with Crippen LogP contribution in [0.25, 0.3) is 0 Å². The number of aromatic nitrogens is 2. The van der Waals surface area contributed by atoms with Crippen LogP contribution in [0.3, 0.4) is 0 Å². The first kappa shape index (κ1) is 15.1. The van der Waals surface area contributed by atoms with Gasteiger partial charge in [-0.05, 0) is 40.8 Å². The lowest BCUT2D eigenvalue weighted by molar-refractivity contribution is 0.363. The van der Waals surface area contributed by atoms with E-state index in [0.717, 1.165) is 14.8 Å². The van der Waals surface area contributed by atoms with Crippen LogP contribution in [-0.4, -0.2) is 24.2 Å². The third-order valence-electron chi connectivity index (χ3n) is 2.64. The Kier molecular flexibility index (Phi) is 5.24. The van der Waals surface area contributed by atoms with Gasteiger partial charge in [0.05, 0.1) is 37.0 Å². The third kappa shape index (κ3) is 3.43. The highest BCUT2D eigenvalue weighted by molar-refractivity contribution is 14.1. The summed E-state index contributed by atoms with van der Waals surface area (Å²) in [5.74, 6) is 0.956. The normalized spacial score (nSPS) is 10.2. The van der Waals surface area contributed by atoms with Crippen molar-refractivity contribution in [2.45, 2.75) is 6.54 Å². The number of nitrogens with one attached hydrogen (secondary N) is 1. The van der Waals surface area contributed by atoms with Crippen molar-refractivity contribution < 1.29 is 9.47 Å². The first-order valence-corrected chi connectivity index (χ1v) is 7.22. The standard InChI is InChI=1S/C13H13ClIN3O2/c1-19-12-9(13(20-2)18-7-17-12)6-16-11-4-3-8(15)5-10(11)14/h3-5,7,16H,6H2,1-2H3. The summed E-state index contributed by atoms with van der Waals surface area (Å²) in [5.41, 5.74) is 1.58. The van der Waals surface area contributed by atoms with Crippen LogP contribution in [0, 0.1) is 3.57 Å². The fraction of sp³-hybridized carbons (Fsp3) is 0.231. The molecule has 0 radical (unpaired) electrons.